The van der Waals surface area contributed by atoms with E-state index in [-0.39, 0.29) is 6.23 Å². The summed E-state index contributed by atoms with van der Waals surface area (Å²) in [4.78, 5) is 5.72. The molecule has 3 heteroatoms. The molecule has 0 aromatic heterocycles. The Balaban J connectivity index is 1.94. The number of likely N-dealkylation sites (N-methyl/N-ethyl adjacent to an activating group) is 1. The van der Waals surface area contributed by atoms with Crippen LogP contribution in [0.3, 0.4) is 0 Å². The molecule has 0 amide bonds. The SMILES string of the molecule is C[C@@H]1[C@@H](C)N[C@@H](C2CC2)ON1C. The summed E-state index contributed by atoms with van der Waals surface area (Å²) in [6, 6.07) is 1.01. The van der Waals surface area contributed by atoms with Crippen molar-refractivity contribution in [3.05, 3.63) is 0 Å². The van der Waals surface area contributed by atoms with Crippen LogP contribution in [0, 0.1) is 5.92 Å². The molecule has 0 aromatic carbocycles. The summed E-state index contributed by atoms with van der Waals surface area (Å²) in [5, 5.41) is 5.48. The van der Waals surface area contributed by atoms with Crippen LogP contribution in [0.15, 0.2) is 0 Å². The predicted molar refractivity (Wildman–Crippen MR) is 47.4 cm³/mol. The number of nitrogens with zero attached hydrogens (tertiary/aromatic N) is 1. The highest BCUT2D eigenvalue weighted by molar-refractivity contribution is 4.87. The second kappa shape index (κ2) is 2.98. The summed E-state index contributed by atoms with van der Waals surface area (Å²) in [5.41, 5.74) is 0. The van der Waals surface area contributed by atoms with Gasteiger partial charge in [0.2, 0.25) is 0 Å². The van der Waals surface area contributed by atoms with E-state index in [0.717, 1.165) is 5.92 Å². The lowest BCUT2D eigenvalue weighted by molar-refractivity contribution is -0.251. The van der Waals surface area contributed by atoms with Crippen LogP contribution in [0.4, 0.5) is 0 Å². The summed E-state index contributed by atoms with van der Waals surface area (Å²) in [5.74, 6) is 0.766. The fraction of sp³-hybridized carbons (Fsp3) is 1.00. The quantitative estimate of drug-likeness (QED) is 0.634. The first-order valence-corrected chi connectivity index (χ1v) is 4.84. The van der Waals surface area contributed by atoms with Crippen molar-refractivity contribution in [1.82, 2.24) is 10.4 Å². The van der Waals surface area contributed by atoms with Gasteiger partial charge in [-0.1, -0.05) is 0 Å². The van der Waals surface area contributed by atoms with Gasteiger partial charge in [-0.15, -0.1) is 0 Å². The lowest BCUT2D eigenvalue weighted by atomic mass is 10.1. The van der Waals surface area contributed by atoms with Gasteiger partial charge in [-0.05, 0) is 26.7 Å². The molecule has 3 nitrogen and oxygen atoms in total. The molecule has 2 rings (SSSR count). The van der Waals surface area contributed by atoms with Gasteiger partial charge in [0.25, 0.3) is 0 Å². The lowest BCUT2D eigenvalue weighted by Gasteiger charge is -2.40. The van der Waals surface area contributed by atoms with Crippen LogP contribution in [-0.2, 0) is 4.84 Å². The van der Waals surface area contributed by atoms with Crippen LogP contribution in [0.2, 0.25) is 0 Å². The third-order valence-electron chi connectivity index (χ3n) is 3.05. The van der Waals surface area contributed by atoms with Crippen molar-refractivity contribution < 1.29 is 4.84 Å². The van der Waals surface area contributed by atoms with Crippen molar-refractivity contribution in [2.45, 2.75) is 45.0 Å². The van der Waals surface area contributed by atoms with Crippen molar-refractivity contribution in [2.75, 3.05) is 7.05 Å². The van der Waals surface area contributed by atoms with E-state index in [1.807, 2.05) is 12.1 Å². The van der Waals surface area contributed by atoms with Crippen LogP contribution in [0.1, 0.15) is 26.7 Å². The molecule has 0 aromatic rings. The van der Waals surface area contributed by atoms with Crippen molar-refractivity contribution >= 4 is 0 Å². The Morgan fingerprint density at radius 2 is 2.00 bits per heavy atom. The second-order valence-corrected chi connectivity index (χ2v) is 4.11. The smallest absolute Gasteiger partial charge is 0.133 e. The molecule has 12 heavy (non-hydrogen) atoms. The van der Waals surface area contributed by atoms with Gasteiger partial charge in [0.05, 0.1) is 0 Å². The van der Waals surface area contributed by atoms with Crippen molar-refractivity contribution in [3.63, 3.8) is 0 Å². The Kier molecular flexibility index (Phi) is 2.10. The summed E-state index contributed by atoms with van der Waals surface area (Å²) in [6.45, 7) is 4.40. The molecule has 3 atom stereocenters. The first-order chi connectivity index (χ1) is 5.68. The van der Waals surface area contributed by atoms with Crippen LogP contribution in [0.5, 0.6) is 0 Å². The molecule has 1 heterocycles. The van der Waals surface area contributed by atoms with Gasteiger partial charge in [0, 0.05) is 25.0 Å². The van der Waals surface area contributed by atoms with Crippen LogP contribution >= 0.6 is 0 Å². The van der Waals surface area contributed by atoms with Crippen LogP contribution < -0.4 is 5.32 Å². The average Bonchev–Trinajstić information content (AvgIpc) is 2.81. The zero-order valence-corrected chi connectivity index (χ0v) is 8.08. The molecule has 0 unspecified atom stereocenters. The molecule has 1 saturated heterocycles. The van der Waals surface area contributed by atoms with Gasteiger partial charge in [0.15, 0.2) is 0 Å². The molecule has 2 fully saturated rings. The summed E-state index contributed by atoms with van der Waals surface area (Å²) < 4.78 is 0. The Bertz CT molecular complexity index is 158. The summed E-state index contributed by atoms with van der Waals surface area (Å²) in [6.07, 6.45) is 2.93. The molecule has 1 saturated carbocycles. The number of rotatable bonds is 1. The monoisotopic (exact) mass is 170 g/mol. The molecular formula is C9H18N2O. The van der Waals surface area contributed by atoms with Gasteiger partial charge in [-0.2, -0.15) is 5.06 Å². The van der Waals surface area contributed by atoms with E-state index < -0.39 is 0 Å². The van der Waals surface area contributed by atoms with E-state index >= 15 is 0 Å². The van der Waals surface area contributed by atoms with Crippen molar-refractivity contribution in [3.8, 4) is 0 Å². The van der Waals surface area contributed by atoms with Gasteiger partial charge >= 0.3 is 0 Å². The molecule has 1 aliphatic heterocycles. The Hall–Kier alpha value is -0.120. The minimum absolute atomic E-state index is 0.279. The van der Waals surface area contributed by atoms with Gasteiger partial charge < -0.3 is 0 Å². The Morgan fingerprint density at radius 3 is 2.50 bits per heavy atom. The Morgan fingerprint density at radius 1 is 1.33 bits per heavy atom. The Labute approximate surface area is 74.0 Å². The van der Waals surface area contributed by atoms with Gasteiger partial charge in [0.1, 0.15) is 6.23 Å². The fourth-order valence-corrected chi connectivity index (χ4v) is 1.64. The largest absolute Gasteiger partial charge is 0.286 e. The number of nitrogens with one attached hydrogen (secondary N) is 1. The highest BCUT2D eigenvalue weighted by Gasteiger charge is 2.38. The molecule has 70 valence electrons. The fourth-order valence-electron chi connectivity index (χ4n) is 1.64. The van der Waals surface area contributed by atoms with E-state index in [2.05, 4.69) is 19.2 Å². The molecule has 0 bridgehead atoms. The number of hydrogen-bond acceptors (Lipinski definition) is 3. The summed E-state index contributed by atoms with van der Waals surface area (Å²) >= 11 is 0. The topological polar surface area (TPSA) is 24.5 Å². The number of hydrogen-bond donors (Lipinski definition) is 1. The van der Waals surface area contributed by atoms with E-state index in [1.54, 1.807) is 0 Å². The molecular weight excluding hydrogens is 152 g/mol. The first-order valence-electron chi connectivity index (χ1n) is 4.84. The second-order valence-electron chi connectivity index (χ2n) is 4.11. The molecule has 2 aliphatic rings. The summed E-state index contributed by atoms with van der Waals surface area (Å²) in [7, 11) is 2.03. The first kappa shape index (κ1) is 8.48. The van der Waals surface area contributed by atoms with E-state index in [1.165, 1.54) is 12.8 Å². The minimum Gasteiger partial charge on any atom is -0.286 e. The maximum absolute atomic E-state index is 5.72. The zero-order valence-electron chi connectivity index (χ0n) is 8.08. The van der Waals surface area contributed by atoms with Crippen LogP contribution in [0.25, 0.3) is 0 Å². The van der Waals surface area contributed by atoms with Crippen molar-refractivity contribution in [1.29, 1.82) is 0 Å². The maximum atomic E-state index is 5.72. The van der Waals surface area contributed by atoms with E-state index in [0.29, 0.717) is 12.1 Å². The van der Waals surface area contributed by atoms with E-state index in [4.69, 9.17) is 4.84 Å². The molecule has 0 spiro atoms. The average molecular weight is 170 g/mol. The van der Waals surface area contributed by atoms with Crippen LogP contribution in [-0.4, -0.2) is 30.4 Å². The van der Waals surface area contributed by atoms with E-state index in [9.17, 15) is 0 Å². The molecule has 0 radical (unpaired) electrons. The molecule has 1 aliphatic carbocycles. The van der Waals surface area contributed by atoms with Crippen molar-refractivity contribution in [2.24, 2.45) is 5.92 Å². The number of hydroxylamine groups is 2. The third kappa shape index (κ3) is 1.49. The minimum atomic E-state index is 0.279. The zero-order chi connectivity index (χ0) is 8.72. The van der Waals surface area contributed by atoms with Gasteiger partial charge in [-0.25, -0.2) is 0 Å². The third-order valence-corrected chi connectivity index (χ3v) is 3.05. The molecule has 1 N–H and O–H groups in total. The standard InChI is InChI=1S/C9H18N2O/c1-6-7(2)11(3)12-9(10-6)8-4-5-8/h6-10H,4-5H2,1-3H3/t6-,7-,9-/m1/s1. The highest BCUT2D eigenvalue weighted by Crippen LogP contribution is 2.35. The predicted octanol–water partition coefficient (Wildman–Crippen LogP) is 0.966. The normalized spacial score (nSPS) is 44.8. The highest BCUT2D eigenvalue weighted by atomic mass is 16.7. The maximum Gasteiger partial charge on any atom is 0.133 e. The lowest BCUT2D eigenvalue weighted by Crippen LogP contribution is -2.58. The van der Waals surface area contributed by atoms with Gasteiger partial charge in [-0.3, -0.25) is 10.2 Å².